The van der Waals surface area contributed by atoms with Crippen LogP contribution in [0.4, 0.5) is 0 Å². The van der Waals surface area contributed by atoms with Gasteiger partial charge in [-0.15, -0.1) is 0 Å². The van der Waals surface area contributed by atoms with Gasteiger partial charge < -0.3 is 19.2 Å². The van der Waals surface area contributed by atoms with E-state index in [9.17, 15) is 14.7 Å². The Morgan fingerprint density at radius 1 is 1.08 bits per heavy atom. The molecule has 2 aliphatic rings. The van der Waals surface area contributed by atoms with Crippen molar-refractivity contribution >= 4 is 29.1 Å². The highest BCUT2D eigenvalue weighted by Gasteiger charge is 2.50. The number of carbonyl (C=O) groups is 2. The number of aliphatic hydroxyl groups excluding tert-OH is 1. The molecule has 7 nitrogen and oxygen atoms in total. The number of Topliss-reactive ketones (excluding diaryl/α,β-unsaturated/α-hetero) is 1. The van der Waals surface area contributed by atoms with Gasteiger partial charge in [0.15, 0.2) is 0 Å². The highest BCUT2D eigenvalue weighted by Crippen LogP contribution is 2.43. The van der Waals surface area contributed by atoms with Crippen LogP contribution >= 0.6 is 11.6 Å². The Morgan fingerprint density at radius 2 is 1.83 bits per heavy atom. The van der Waals surface area contributed by atoms with Crippen LogP contribution in [0.2, 0.25) is 5.02 Å². The average Bonchev–Trinajstić information content (AvgIpc) is 3.52. The number of hydrogen-bond acceptors (Lipinski definition) is 6. The predicted molar refractivity (Wildman–Crippen MR) is 136 cm³/mol. The molecule has 2 aromatic carbocycles. The maximum absolute atomic E-state index is 13.3. The first-order chi connectivity index (χ1) is 17.5. The number of amides is 1. The van der Waals surface area contributed by atoms with Gasteiger partial charge in [-0.3, -0.25) is 14.5 Å². The molecule has 2 saturated heterocycles. The van der Waals surface area contributed by atoms with Crippen molar-refractivity contribution < 1.29 is 23.8 Å². The Labute approximate surface area is 214 Å². The number of aliphatic hydroxyl groups is 1. The summed E-state index contributed by atoms with van der Waals surface area (Å²) in [5.41, 5.74) is 1.57. The lowest BCUT2D eigenvalue weighted by Gasteiger charge is -2.38. The van der Waals surface area contributed by atoms with Crippen LogP contribution in [0.3, 0.4) is 0 Å². The fraction of sp³-hybridized carbons (Fsp3) is 0.286. The zero-order chi connectivity index (χ0) is 25.2. The number of ether oxygens (including phenoxy) is 1. The molecular weight excluding hydrogens is 480 g/mol. The molecule has 0 radical (unpaired) electrons. The number of halogens is 1. The number of furan rings is 1. The SMILES string of the molecule is COc1ccc(/C(O)=C2/C(=O)C(=O)N(C3CCN(Cc4ccccc4)CC3)C2c2ccco2)cc1Cl. The number of carbonyl (C=O) groups excluding carboxylic acids is 2. The molecule has 2 aliphatic heterocycles. The lowest BCUT2D eigenvalue weighted by molar-refractivity contribution is -0.142. The summed E-state index contributed by atoms with van der Waals surface area (Å²) >= 11 is 6.26. The van der Waals surface area contributed by atoms with E-state index in [0.717, 1.165) is 19.6 Å². The van der Waals surface area contributed by atoms with E-state index in [4.69, 9.17) is 20.8 Å². The quantitative estimate of drug-likeness (QED) is 0.287. The molecule has 186 valence electrons. The number of methoxy groups -OCH3 is 1. The van der Waals surface area contributed by atoms with Crippen LogP contribution in [0, 0.1) is 0 Å². The minimum Gasteiger partial charge on any atom is -0.507 e. The predicted octanol–water partition coefficient (Wildman–Crippen LogP) is 5.03. The number of nitrogens with zero attached hydrogens (tertiary/aromatic N) is 2. The van der Waals surface area contributed by atoms with E-state index in [-0.39, 0.29) is 22.4 Å². The van der Waals surface area contributed by atoms with Crippen LogP contribution in [-0.2, 0) is 16.1 Å². The molecule has 1 amide bonds. The Bertz CT molecular complexity index is 1280. The van der Waals surface area contributed by atoms with Crippen LogP contribution in [0.5, 0.6) is 5.75 Å². The second-order valence-corrected chi connectivity index (χ2v) is 9.47. The van der Waals surface area contributed by atoms with Crippen LogP contribution in [0.25, 0.3) is 5.76 Å². The topological polar surface area (TPSA) is 83.2 Å². The van der Waals surface area contributed by atoms with Crippen LogP contribution < -0.4 is 4.74 Å². The van der Waals surface area contributed by atoms with Gasteiger partial charge in [-0.25, -0.2) is 0 Å². The molecule has 0 aliphatic carbocycles. The number of rotatable bonds is 6. The third-order valence-electron chi connectivity index (χ3n) is 6.92. The molecule has 0 spiro atoms. The molecule has 8 heteroatoms. The molecule has 1 N–H and O–H groups in total. The van der Waals surface area contributed by atoms with Crippen molar-refractivity contribution in [3.63, 3.8) is 0 Å². The molecular formula is C28H27ClN2O5. The summed E-state index contributed by atoms with van der Waals surface area (Å²) < 4.78 is 10.9. The van der Waals surface area contributed by atoms with Gasteiger partial charge in [0.2, 0.25) is 0 Å². The Balaban J connectivity index is 1.44. The monoisotopic (exact) mass is 506 g/mol. The van der Waals surface area contributed by atoms with Crippen molar-refractivity contribution in [1.82, 2.24) is 9.80 Å². The van der Waals surface area contributed by atoms with Crippen molar-refractivity contribution in [1.29, 1.82) is 0 Å². The summed E-state index contributed by atoms with van der Waals surface area (Å²) in [6, 6.07) is 17.5. The fourth-order valence-electron chi connectivity index (χ4n) is 5.12. The van der Waals surface area contributed by atoms with E-state index in [1.54, 1.807) is 29.2 Å². The van der Waals surface area contributed by atoms with E-state index >= 15 is 0 Å². The van der Waals surface area contributed by atoms with Gasteiger partial charge in [0.25, 0.3) is 11.7 Å². The summed E-state index contributed by atoms with van der Waals surface area (Å²) in [6.45, 7) is 2.43. The van der Waals surface area contributed by atoms with Crippen LogP contribution in [-0.4, -0.2) is 52.8 Å². The normalized spacial score (nSPS) is 20.7. The van der Waals surface area contributed by atoms with Gasteiger partial charge >= 0.3 is 0 Å². The lowest BCUT2D eigenvalue weighted by Crippen LogP contribution is -2.46. The number of likely N-dealkylation sites (tertiary alicyclic amines) is 2. The Kier molecular flexibility index (Phi) is 6.85. The maximum atomic E-state index is 13.3. The summed E-state index contributed by atoms with van der Waals surface area (Å²) in [4.78, 5) is 30.5. The van der Waals surface area contributed by atoms with Gasteiger partial charge in [-0.05, 0) is 48.7 Å². The van der Waals surface area contributed by atoms with Crippen molar-refractivity contribution in [2.45, 2.75) is 31.5 Å². The van der Waals surface area contributed by atoms with Crippen molar-refractivity contribution in [2.24, 2.45) is 0 Å². The summed E-state index contributed by atoms with van der Waals surface area (Å²) in [5.74, 6) is -0.768. The molecule has 3 aromatic rings. The lowest BCUT2D eigenvalue weighted by atomic mass is 9.97. The highest BCUT2D eigenvalue weighted by atomic mass is 35.5. The third-order valence-corrected chi connectivity index (χ3v) is 7.21. The van der Waals surface area contributed by atoms with Crippen LogP contribution in [0.15, 0.2) is 76.9 Å². The average molecular weight is 507 g/mol. The second-order valence-electron chi connectivity index (χ2n) is 9.06. The Hall–Kier alpha value is -3.55. The van der Waals surface area contributed by atoms with Crippen molar-refractivity contribution in [3.05, 3.63) is 94.4 Å². The molecule has 3 heterocycles. The van der Waals surface area contributed by atoms with Crippen molar-refractivity contribution in [3.8, 4) is 5.75 Å². The van der Waals surface area contributed by atoms with Gasteiger partial charge in [0.05, 0.1) is 24.0 Å². The number of benzene rings is 2. The first kappa shape index (κ1) is 24.2. The molecule has 1 aromatic heterocycles. The largest absolute Gasteiger partial charge is 0.507 e. The molecule has 0 saturated carbocycles. The van der Waals surface area contributed by atoms with E-state index in [1.165, 1.54) is 25.0 Å². The third kappa shape index (κ3) is 4.52. The highest BCUT2D eigenvalue weighted by molar-refractivity contribution is 6.46. The number of piperidine rings is 1. The fourth-order valence-corrected chi connectivity index (χ4v) is 5.38. The minimum atomic E-state index is -0.813. The summed E-state index contributed by atoms with van der Waals surface area (Å²) in [5, 5.41) is 11.5. The first-order valence-electron chi connectivity index (χ1n) is 11.9. The molecule has 1 unspecified atom stereocenters. The summed E-state index contributed by atoms with van der Waals surface area (Å²) in [6.07, 6.45) is 2.93. The van der Waals surface area contributed by atoms with E-state index in [2.05, 4.69) is 17.0 Å². The van der Waals surface area contributed by atoms with Crippen LogP contribution in [0.1, 0.15) is 35.8 Å². The maximum Gasteiger partial charge on any atom is 0.296 e. The smallest absolute Gasteiger partial charge is 0.296 e. The van der Waals surface area contributed by atoms with Gasteiger partial charge in [0, 0.05) is 31.2 Å². The second kappa shape index (κ2) is 10.2. The zero-order valence-corrected chi connectivity index (χ0v) is 20.6. The zero-order valence-electron chi connectivity index (χ0n) is 19.9. The number of hydrogen-bond donors (Lipinski definition) is 1. The number of ketones is 1. The molecule has 1 atom stereocenters. The Morgan fingerprint density at radius 3 is 2.47 bits per heavy atom. The van der Waals surface area contributed by atoms with E-state index in [0.29, 0.717) is 29.9 Å². The van der Waals surface area contributed by atoms with E-state index in [1.807, 2.05) is 18.2 Å². The molecule has 0 bridgehead atoms. The minimum absolute atomic E-state index is 0.00268. The molecule has 36 heavy (non-hydrogen) atoms. The van der Waals surface area contributed by atoms with E-state index < -0.39 is 17.7 Å². The van der Waals surface area contributed by atoms with Gasteiger partial charge in [-0.2, -0.15) is 0 Å². The standard InChI is InChI=1S/C28H27ClN2O5/c1-35-22-10-9-19(16-21(22)29)26(32)24-25(23-8-5-15-36-23)31(28(34)27(24)33)20-11-13-30(14-12-20)17-18-6-3-2-4-7-18/h2-10,15-16,20,25,32H,11-14,17H2,1H3/b26-24-. The van der Waals surface area contributed by atoms with Gasteiger partial charge in [-0.1, -0.05) is 41.9 Å². The van der Waals surface area contributed by atoms with Crippen molar-refractivity contribution in [2.75, 3.05) is 20.2 Å². The first-order valence-corrected chi connectivity index (χ1v) is 12.3. The molecule has 2 fully saturated rings. The molecule has 5 rings (SSSR count). The summed E-state index contributed by atoms with van der Waals surface area (Å²) in [7, 11) is 1.49. The van der Waals surface area contributed by atoms with Gasteiger partial charge in [0.1, 0.15) is 23.3 Å².